The molecule has 1 radical (unpaired) electrons. The van der Waals surface area contributed by atoms with Gasteiger partial charge in [0.2, 0.25) is 5.91 Å². The molecule has 0 aliphatic carbocycles. The average Bonchev–Trinajstić information content (AvgIpc) is 2.67. The van der Waals surface area contributed by atoms with Crippen LogP contribution in [-0.4, -0.2) is 67.6 Å². The van der Waals surface area contributed by atoms with Crippen molar-refractivity contribution in [2.75, 3.05) is 39.8 Å². The zero-order valence-electron chi connectivity index (χ0n) is 14.6. The molecule has 2 heterocycles. The number of nitrogens with one attached hydrogen (secondary N) is 1. The first kappa shape index (κ1) is 17.5. The Labute approximate surface area is 148 Å². The number of piperidine rings is 1. The van der Waals surface area contributed by atoms with Crippen LogP contribution in [0.5, 0.6) is 5.75 Å². The van der Waals surface area contributed by atoms with Crippen LogP contribution in [-0.2, 0) is 11.3 Å². The predicted octanol–water partition coefficient (Wildman–Crippen LogP) is 0.816. The van der Waals surface area contributed by atoms with Gasteiger partial charge in [-0.2, -0.15) is 0 Å². The summed E-state index contributed by atoms with van der Waals surface area (Å²) in [4.78, 5) is 28.2. The highest BCUT2D eigenvalue weighted by Gasteiger charge is 2.32. The van der Waals surface area contributed by atoms with Crippen LogP contribution in [0, 0.1) is 0 Å². The van der Waals surface area contributed by atoms with Crippen molar-refractivity contribution in [1.82, 2.24) is 20.4 Å². The van der Waals surface area contributed by atoms with Crippen molar-refractivity contribution in [2.24, 2.45) is 0 Å². The summed E-state index contributed by atoms with van der Waals surface area (Å²) in [6, 6.07) is 7.45. The summed E-state index contributed by atoms with van der Waals surface area (Å²) in [6.45, 7) is 3.51. The SMILES string of the molecule is COc1ccc(C[N]C(=O)N2CCN(C3CCNCC3)C(=O)C2)cc1. The number of carbonyl (C=O) groups excluding carboxylic acids is 2. The molecule has 25 heavy (non-hydrogen) atoms. The molecule has 7 heteroatoms. The van der Waals surface area contributed by atoms with Gasteiger partial charge in [0, 0.05) is 19.1 Å². The molecule has 7 nitrogen and oxygen atoms in total. The molecule has 1 N–H and O–H groups in total. The molecule has 0 unspecified atom stereocenters. The van der Waals surface area contributed by atoms with E-state index in [1.165, 1.54) is 0 Å². The van der Waals surface area contributed by atoms with Crippen LogP contribution in [0.3, 0.4) is 0 Å². The van der Waals surface area contributed by atoms with Gasteiger partial charge in [-0.1, -0.05) is 12.1 Å². The van der Waals surface area contributed by atoms with Crippen molar-refractivity contribution in [3.8, 4) is 5.75 Å². The van der Waals surface area contributed by atoms with Gasteiger partial charge in [0.05, 0.1) is 13.7 Å². The van der Waals surface area contributed by atoms with E-state index in [1.807, 2.05) is 29.2 Å². The molecular formula is C18H25N4O3. The van der Waals surface area contributed by atoms with Crippen molar-refractivity contribution in [3.63, 3.8) is 0 Å². The van der Waals surface area contributed by atoms with Crippen molar-refractivity contribution in [2.45, 2.75) is 25.4 Å². The lowest BCUT2D eigenvalue weighted by Crippen LogP contribution is -2.57. The topological polar surface area (TPSA) is 76.0 Å². The number of piperazine rings is 1. The summed E-state index contributed by atoms with van der Waals surface area (Å²) in [5, 5.41) is 7.42. The van der Waals surface area contributed by atoms with Crippen molar-refractivity contribution in [1.29, 1.82) is 0 Å². The number of amides is 3. The van der Waals surface area contributed by atoms with Gasteiger partial charge in [0.15, 0.2) is 0 Å². The van der Waals surface area contributed by atoms with Gasteiger partial charge in [-0.25, -0.2) is 10.1 Å². The van der Waals surface area contributed by atoms with Crippen LogP contribution in [0.4, 0.5) is 4.79 Å². The van der Waals surface area contributed by atoms with Crippen LogP contribution in [0.1, 0.15) is 18.4 Å². The first-order valence-corrected chi connectivity index (χ1v) is 8.77. The summed E-state index contributed by atoms with van der Waals surface area (Å²) >= 11 is 0. The molecule has 1 aromatic rings. The molecule has 3 amide bonds. The zero-order chi connectivity index (χ0) is 17.6. The number of benzene rings is 1. The lowest BCUT2D eigenvalue weighted by Gasteiger charge is -2.40. The molecule has 2 aliphatic heterocycles. The fourth-order valence-electron chi connectivity index (χ4n) is 3.34. The Morgan fingerprint density at radius 2 is 1.96 bits per heavy atom. The van der Waals surface area contributed by atoms with Crippen LogP contribution in [0.15, 0.2) is 24.3 Å². The molecule has 2 aliphatic rings. The largest absolute Gasteiger partial charge is 0.497 e. The van der Waals surface area contributed by atoms with E-state index in [2.05, 4.69) is 10.6 Å². The summed E-state index contributed by atoms with van der Waals surface area (Å²) < 4.78 is 5.11. The van der Waals surface area contributed by atoms with Gasteiger partial charge in [-0.05, 0) is 43.6 Å². The van der Waals surface area contributed by atoms with E-state index in [0.717, 1.165) is 37.2 Å². The molecule has 0 bridgehead atoms. The predicted molar refractivity (Wildman–Crippen MR) is 93.4 cm³/mol. The quantitative estimate of drug-likeness (QED) is 0.876. The number of hydrogen-bond donors (Lipinski definition) is 1. The second kappa shape index (κ2) is 8.20. The average molecular weight is 345 g/mol. The Hall–Kier alpha value is -2.28. The first-order chi connectivity index (χ1) is 12.2. The van der Waals surface area contributed by atoms with E-state index in [1.54, 1.807) is 12.0 Å². The van der Waals surface area contributed by atoms with Gasteiger partial charge in [0.1, 0.15) is 12.3 Å². The third-order valence-electron chi connectivity index (χ3n) is 4.83. The van der Waals surface area contributed by atoms with E-state index in [9.17, 15) is 9.59 Å². The highest BCUT2D eigenvalue weighted by Crippen LogP contribution is 2.16. The van der Waals surface area contributed by atoms with Crippen LogP contribution in [0.2, 0.25) is 0 Å². The van der Waals surface area contributed by atoms with Crippen molar-refractivity contribution >= 4 is 11.9 Å². The number of methoxy groups -OCH3 is 1. The lowest BCUT2D eigenvalue weighted by molar-refractivity contribution is -0.138. The lowest BCUT2D eigenvalue weighted by atomic mass is 10.0. The maximum Gasteiger partial charge on any atom is 0.339 e. The minimum atomic E-state index is -0.311. The Bertz CT molecular complexity index is 599. The van der Waals surface area contributed by atoms with Crippen molar-refractivity contribution in [3.05, 3.63) is 29.8 Å². The molecule has 0 spiro atoms. The second-order valence-electron chi connectivity index (χ2n) is 6.44. The van der Waals surface area contributed by atoms with E-state index >= 15 is 0 Å². The summed E-state index contributed by atoms with van der Waals surface area (Å²) in [5.74, 6) is 0.806. The van der Waals surface area contributed by atoms with E-state index in [-0.39, 0.29) is 18.5 Å². The number of hydrogen-bond acceptors (Lipinski definition) is 4. The highest BCUT2D eigenvalue weighted by atomic mass is 16.5. The smallest absolute Gasteiger partial charge is 0.339 e. The summed E-state index contributed by atoms with van der Waals surface area (Å²) in [6.07, 6.45) is 1.98. The maximum absolute atomic E-state index is 12.4. The number of rotatable bonds is 4. The minimum absolute atomic E-state index is 0.0335. The molecule has 2 saturated heterocycles. The van der Waals surface area contributed by atoms with Crippen LogP contribution < -0.4 is 15.4 Å². The third-order valence-corrected chi connectivity index (χ3v) is 4.83. The minimum Gasteiger partial charge on any atom is -0.497 e. The van der Waals surface area contributed by atoms with Gasteiger partial charge in [0.25, 0.3) is 0 Å². The molecule has 0 aromatic heterocycles. The number of carbonyl (C=O) groups is 2. The molecule has 2 fully saturated rings. The Morgan fingerprint density at radius 3 is 2.60 bits per heavy atom. The Balaban J connectivity index is 1.47. The van der Waals surface area contributed by atoms with E-state index in [4.69, 9.17) is 4.74 Å². The van der Waals surface area contributed by atoms with E-state index < -0.39 is 0 Å². The molecule has 0 saturated carbocycles. The molecular weight excluding hydrogens is 320 g/mol. The van der Waals surface area contributed by atoms with Crippen LogP contribution >= 0.6 is 0 Å². The van der Waals surface area contributed by atoms with E-state index in [0.29, 0.717) is 25.7 Å². The first-order valence-electron chi connectivity index (χ1n) is 8.77. The Kier molecular flexibility index (Phi) is 5.75. The molecule has 0 atom stereocenters. The number of ether oxygens (including phenoxy) is 1. The van der Waals surface area contributed by atoms with Gasteiger partial charge in [-0.3, -0.25) is 4.79 Å². The molecule has 135 valence electrons. The zero-order valence-corrected chi connectivity index (χ0v) is 14.6. The monoisotopic (exact) mass is 345 g/mol. The molecule has 3 rings (SSSR count). The van der Waals surface area contributed by atoms with Crippen molar-refractivity contribution < 1.29 is 14.3 Å². The number of nitrogens with zero attached hydrogens (tertiary/aromatic N) is 3. The summed E-state index contributed by atoms with van der Waals surface area (Å²) in [7, 11) is 1.61. The normalized spacial score (nSPS) is 19.0. The summed E-state index contributed by atoms with van der Waals surface area (Å²) in [5.41, 5.74) is 0.939. The molecule has 1 aromatic carbocycles. The van der Waals surface area contributed by atoms with Gasteiger partial charge >= 0.3 is 6.03 Å². The van der Waals surface area contributed by atoms with Gasteiger partial charge < -0.3 is 19.9 Å². The maximum atomic E-state index is 12.4. The fourth-order valence-corrected chi connectivity index (χ4v) is 3.34. The second-order valence-corrected chi connectivity index (χ2v) is 6.44. The van der Waals surface area contributed by atoms with Gasteiger partial charge in [-0.15, -0.1) is 0 Å². The number of urea groups is 1. The Morgan fingerprint density at radius 1 is 1.24 bits per heavy atom. The third kappa shape index (κ3) is 4.42. The van der Waals surface area contributed by atoms with Crippen LogP contribution in [0.25, 0.3) is 0 Å². The highest BCUT2D eigenvalue weighted by molar-refractivity contribution is 5.85. The standard InChI is InChI=1S/C18H25N4O3/c1-25-16-4-2-14(3-5-16)12-20-18(24)21-10-11-22(17(23)13-21)15-6-8-19-9-7-15/h2-5,15,19H,6-13H2,1H3. The fraction of sp³-hybridized carbons (Fsp3) is 0.556.